The summed E-state index contributed by atoms with van der Waals surface area (Å²) < 4.78 is 5.46. The van der Waals surface area contributed by atoms with Gasteiger partial charge in [0, 0.05) is 12.8 Å². The maximum Gasteiger partial charge on any atom is 0.305 e. The molecule has 0 aliphatic rings. The van der Waals surface area contributed by atoms with E-state index in [-0.39, 0.29) is 18.5 Å². The van der Waals surface area contributed by atoms with Crippen LogP contribution >= 0.6 is 0 Å². The molecule has 0 spiro atoms. The molecule has 0 heterocycles. The van der Waals surface area contributed by atoms with Crippen LogP contribution in [0, 0.1) is 0 Å². The lowest BCUT2D eigenvalue weighted by Gasteiger charge is -2.20. The smallest absolute Gasteiger partial charge is 0.305 e. The summed E-state index contributed by atoms with van der Waals surface area (Å²) in [6.45, 7) is 4.88. The molecule has 2 atom stereocenters. The lowest BCUT2D eigenvalue weighted by atomic mass is 10.0. The van der Waals surface area contributed by atoms with Crippen molar-refractivity contribution in [1.82, 2.24) is 5.32 Å². The molecule has 0 saturated carbocycles. The number of unbranched alkanes of at least 4 members (excludes halogenated alkanes) is 38. The second-order valence-corrected chi connectivity index (χ2v) is 18.9. The van der Waals surface area contributed by atoms with Gasteiger partial charge in [0.2, 0.25) is 5.91 Å². The molecule has 0 aromatic heterocycles. The van der Waals surface area contributed by atoms with Gasteiger partial charge in [-0.15, -0.1) is 0 Å². The van der Waals surface area contributed by atoms with Gasteiger partial charge in [-0.1, -0.05) is 250 Å². The van der Waals surface area contributed by atoms with Crippen LogP contribution in [-0.2, 0) is 14.3 Å². The molecule has 0 fully saturated rings. The Morgan fingerprint density at radius 2 is 0.758 bits per heavy atom. The van der Waals surface area contributed by atoms with E-state index in [1.165, 1.54) is 225 Å². The van der Waals surface area contributed by atoms with Crippen molar-refractivity contribution in [3.05, 3.63) is 24.3 Å². The molecule has 0 saturated heterocycles. The van der Waals surface area contributed by atoms with Gasteiger partial charge in [0.1, 0.15) is 0 Å². The lowest BCUT2D eigenvalue weighted by molar-refractivity contribution is -0.143. The van der Waals surface area contributed by atoms with Crippen molar-refractivity contribution >= 4 is 11.9 Å². The number of amides is 1. The van der Waals surface area contributed by atoms with E-state index >= 15 is 0 Å². The summed E-state index contributed by atoms with van der Waals surface area (Å²) in [6.07, 6.45) is 61.9. The molecule has 2 unspecified atom stereocenters. The van der Waals surface area contributed by atoms with Gasteiger partial charge in [-0.3, -0.25) is 9.59 Å². The SMILES string of the molecule is CCCCCC/C=C\CCCCCCCC(=O)OCCCCCCCCCCCCCCCCCCCCCCC(=O)NC(CO)C(O)/C=C/CCCCCCCCCCCC. The Morgan fingerprint density at radius 3 is 1.16 bits per heavy atom. The first-order chi connectivity index (χ1) is 30.5. The Morgan fingerprint density at radius 1 is 0.435 bits per heavy atom. The minimum Gasteiger partial charge on any atom is -0.466 e. The van der Waals surface area contributed by atoms with E-state index in [2.05, 4.69) is 31.3 Å². The zero-order valence-corrected chi connectivity index (χ0v) is 41.6. The number of aliphatic hydroxyl groups excluding tert-OH is 2. The maximum atomic E-state index is 12.4. The van der Waals surface area contributed by atoms with Gasteiger partial charge in [0.05, 0.1) is 25.4 Å². The van der Waals surface area contributed by atoms with Crippen molar-refractivity contribution in [2.45, 2.75) is 309 Å². The number of rotatable bonds is 51. The van der Waals surface area contributed by atoms with Gasteiger partial charge >= 0.3 is 5.97 Å². The Labute approximate surface area is 386 Å². The minimum atomic E-state index is -0.844. The van der Waals surface area contributed by atoms with Crippen molar-refractivity contribution in [2.75, 3.05) is 13.2 Å². The molecule has 0 radical (unpaired) electrons. The predicted octanol–water partition coefficient (Wildman–Crippen LogP) is 16.7. The first-order valence-corrected chi connectivity index (χ1v) is 27.6. The lowest BCUT2D eigenvalue weighted by Crippen LogP contribution is -2.45. The van der Waals surface area contributed by atoms with Crippen LogP contribution in [-0.4, -0.2) is 47.4 Å². The fraction of sp³-hybridized carbons (Fsp3) is 0.893. The van der Waals surface area contributed by atoms with E-state index in [0.717, 1.165) is 44.9 Å². The van der Waals surface area contributed by atoms with Crippen LogP contribution in [0.5, 0.6) is 0 Å². The Balaban J connectivity index is 3.41. The highest BCUT2D eigenvalue weighted by atomic mass is 16.5. The van der Waals surface area contributed by atoms with Gasteiger partial charge in [-0.25, -0.2) is 0 Å². The van der Waals surface area contributed by atoms with Gasteiger partial charge < -0.3 is 20.3 Å². The molecule has 366 valence electrons. The molecule has 1 amide bonds. The third-order valence-corrected chi connectivity index (χ3v) is 12.7. The third-order valence-electron chi connectivity index (χ3n) is 12.7. The number of ether oxygens (including phenoxy) is 1. The van der Waals surface area contributed by atoms with Crippen LogP contribution < -0.4 is 5.32 Å². The zero-order chi connectivity index (χ0) is 45.1. The summed E-state index contributed by atoms with van der Waals surface area (Å²) in [4.78, 5) is 24.4. The molecule has 62 heavy (non-hydrogen) atoms. The second-order valence-electron chi connectivity index (χ2n) is 18.9. The van der Waals surface area contributed by atoms with E-state index in [4.69, 9.17) is 4.74 Å². The Kier molecular flexibility index (Phi) is 50.6. The molecular weight excluding hydrogens is 767 g/mol. The van der Waals surface area contributed by atoms with Gasteiger partial charge in [-0.05, 0) is 57.8 Å². The molecule has 0 aliphatic heterocycles. The van der Waals surface area contributed by atoms with Crippen LogP contribution in [0.25, 0.3) is 0 Å². The average molecular weight is 874 g/mol. The van der Waals surface area contributed by atoms with Crippen molar-refractivity contribution in [3.8, 4) is 0 Å². The number of hydrogen-bond acceptors (Lipinski definition) is 5. The summed E-state index contributed by atoms with van der Waals surface area (Å²) in [5.74, 6) is -0.0699. The summed E-state index contributed by atoms with van der Waals surface area (Å²) in [5.41, 5.74) is 0. The monoisotopic (exact) mass is 874 g/mol. The van der Waals surface area contributed by atoms with Crippen LogP contribution in [0.2, 0.25) is 0 Å². The van der Waals surface area contributed by atoms with Gasteiger partial charge in [0.15, 0.2) is 0 Å². The first kappa shape index (κ1) is 60.3. The fourth-order valence-electron chi connectivity index (χ4n) is 8.45. The van der Waals surface area contributed by atoms with Gasteiger partial charge in [0.25, 0.3) is 0 Å². The van der Waals surface area contributed by atoms with Crippen molar-refractivity contribution in [2.24, 2.45) is 0 Å². The summed E-state index contributed by atoms with van der Waals surface area (Å²) in [6, 6.07) is -0.628. The number of nitrogens with one attached hydrogen (secondary N) is 1. The van der Waals surface area contributed by atoms with Gasteiger partial charge in [-0.2, -0.15) is 0 Å². The normalized spacial score (nSPS) is 12.8. The average Bonchev–Trinajstić information content (AvgIpc) is 3.27. The molecule has 0 aromatic carbocycles. The first-order valence-electron chi connectivity index (χ1n) is 27.6. The molecular formula is C56H107NO5. The van der Waals surface area contributed by atoms with Crippen molar-refractivity contribution < 1.29 is 24.5 Å². The van der Waals surface area contributed by atoms with Crippen LogP contribution in [0.15, 0.2) is 24.3 Å². The quantitative estimate of drug-likeness (QED) is 0.0321. The van der Waals surface area contributed by atoms with Crippen LogP contribution in [0.1, 0.15) is 296 Å². The predicted molar refractivity (Wildman–Crippen MR) is 269 cm³/mol. The molecule has 6 heteroatoms. The van der Waals surface area contributed by atoms with Crippen molar-refractivity contribution in [3.63, 3.8) is 0 Å². The second kappa shape index (κ2) is 52.0. The number of carbonyl (C=O) groups excluding carboxylic acids is 2. The number of allylic oxidation sites excluding steroid dienone is 3. The summed E-state index contributed by atoms with van der Waals surface area (Å²) in [5, 5.41) is 23.0. The van der Waals surface area contributed by atoms with E-state index in [9.17, 15) is 19.8 Å². The minimum absolute atomic E-state index is 0.000446. The highest BCUT2D eigenvalue weighted by Gasteiger charge is 2.18. The number of hydrogen-bond donors (Lipinski definition) is 3. The molecule has 0 aromatic rings. The van der Waals surface area contributed by atoms with Crippen molar-refractivity contribution in [1.29, 1.82) is 0 Å². The number of carbonyl (C=O) groups is 2. The molecule has 0 rings (SSSR count). The van der Waals surface area contributed by atoms with E-state index in [0.29, 0.717) is 19.4 Å². The zero-order valence-electron chi connectivity index (χ0n) is 41.6. The maximum absolute atomic E-state index is 12.4. The molecule has 3 N–H and O–H groups in total. The Bertz CT molecular complexity index is 966. The third kappa shape index (κ3) is 47.8. The molecule has 0 aliphatic carbocycles. The topological polar surface area (TPSA) is 95.9 Å². The fourth-order valence-corrected chi connectivity index (χ4v) is 8.45. The number of aliphatic hydroxyl groups is 2. The van der Waals surface area contributed by atoms with Crippen LogP contribution in [0.4, 0.5) is 0 Å². The highest BCUT2D eigenvalue weighted by molar-refractivity contribution is 5.76. The Hall–Kier alpha value is -1.66. The van der Waals surface area contributed by atoms with E-state index < -0.39 is 12.1 Å². The summed E-state index contributed by atoms with van der Waals surface area (Å²) >= 11 is 0. The highest BCUT2D eigenvalue weighted by Crippen LogP contribution is 2.17. The van der Waals surface area contributed by atoms with E-state index in [1.54, 1.807) is 6.08 Å². The molecule has 0 bridgehead atoms. The number of esters is 1. The molecule has 6 nitrogen and oxygen atoms in total. The van der Waals surface area contributed by atoms with E-state index in [1.807, 2.05) is 6.08 Å². The van der Waals surface area contributed by atoms with Crippen LogP contribution in [0.3, 0.4) is 0 Å². The summed E-state index contributed by atoms with van der Waals surface area (Å²) in [7, 11) is 0. The largest absolute Gasteiger partial charge is 0.466 e. The standard InChI is InChI=1S/C56H107NO5/c1-3-5-7-9-11-13-15-25-30-34-38-42-46-50-56(61)62-51-47-43-39-35-31-27-24-22-20-18-17-19-21-23-26-29-33-37-41-45-49-55(60)57-53(52-58)54(59)48-44-40-36-32-28-16-14-12-10-8-6-4-2/h13,15,44,48,53-54,58-59H,3-12,14,16-43,45-47,49-52H2,1-2H3,(H,57,60)/b15-13-,48-44+.